The second kappa shape index (κ2) is 10.9. The van der Waals surface area contributed by atoms with Crippen LogP contribution in [0.2, 0.25) is 10.6 Å². The summed E-state index contributed by atoms with van der Waals surface area (Å²) in [6.45, 7) is 2.33. The van der Waals surface area contributed by atoms with Crippen LogP contribution in [-0.4, -0.2) is 33.3 Å². The van der Waals surface area contributed by atoms with Crippen LogP contribution in [0.15, 0.2) is 91.0 Å². The van der Waals surface area contributed by atoms with Gasteiger partial charge >= 0.3 is 186 Å². The van der Waals surface area contributed by atoms with Crippen molar-refractivity contribution in [2.24, 2.45) is 0 Å². The van der Waals surface area contributed by atoms with E-state index in [0.717, 1.165) is 10.6 Å². The summed E-state index contributed by atoms with van der Waals surface area (Å²) < 4.78 is 19.2. The topological polar surface area (TPSA) is 27.7 Å². The normalized spacial score (nSPS) is 21.0. The molecular formula is C26H28O3Se. The molecule has 1 fully saturated rings. The minimum atomic E-state index is -0.389. The van der Waals surface area contributed by atoms with E-state index < -0.39 is 0 Å². The van der Waals surface area contributed by atoms with E-state index in [9.17, 15) is 0 Å². The average Bonchev–Trinajstić information content (AvgIpc) is 3.21. The number of hydrogen-bond acceptors (Lipinski definition) is 3. The molecule has 0 N–H and O–H groups in total. The van der Waals surface area contributed by atoms with Crippen LogP contribution in [0.4, 0.5) is 0 Å². The molecule has 1 aliphatic heterocycles. The number of ether oxygens (including phenoxy) is 3. The van der Waals surface area contributed by atoms with Gasteiger partial charge in [0.2, 0.25) is 0 Å². The van der Waals surface area contributed by atoms with E-state index in [1.807, 2.05) is 30.3 Å². The molecule has 30 heavy (non-hydrogen) atoms. The third-order valence-electron chi connectivity index (χ3n) is 5.32. The molecule has 1 heterocycles. The summed E-state index contributed by atoms with van der Waals surface area (Å²) in [5.74, 6) is 0. The Morgan fingerprint density at radius 1 is 0.700 bits per heavy atom. The van der Waals surface area contributed by atoms with Crippen LogP contribution in [0, 0.1) is 0 Å². The van der Waals surface area contributed by atoms with Gasteiger partial charge in [-0.3, -0.25) is 0 Å². The predicted molar refractivity (Wildman–Crippen MR) is 120 cm³/mol. The Labute approximate surface area is 185 Å². The number of hydrogen-bond donors (Lipinski definition) is 0. The molecule has 0 aromatic heterocycles. The molecule has 3 nitrogen and oxygen atoms in total. The van der Waals surface area contributed by atoms with Crippen molar-refractivity contribution in [3.8, 4) is 0 Å². The third-order valence-corrected chi connectivity index (χ3v) is 7.91. The van der Waals surface area contributed by atoms with Gasteiger partial charge in [-0.25, -0.2) is 0 Å². The molecule has 0 saturated carbocycles. The monoisotopic (exact) mass is 468 g/mol. The van der Waals surface area contributed by atoms with Crippen molar-refractivity contribution in [1.29, 1.82) is 0 Å². The fourth-order valence-electron chi connectivity index (χ4n) is 3.58. The molecule has 0 aliphatic carbocycles. The molecule has 1 unspecified atom stereocenters. The molecule has 1 saturated heterocycles. The zero-order valence-electron chi connectivity index (χ0n) is 17.1. The van der Waals surface area contributed by atoms with Gasteiger partial charge in [0, 0.05) is 0 Å². The maximum absolute atomic E-state index is 6.58. The number of rotatable bonds is 10. The van der Waals surface area contributed by atoms with Crippen LogP contribution in [0.5, 0.6) is 0 Å². The van der Waals surface area contributed by atoms with Gasteiger partial charge in [0.1, 0.15) is 0 Å². The molecular weight excluding hydrogens is 439 g/mol. The van der Waals surface area contributed by atoms with Gasteiger partial charge in [-0.1, -0.05) is 0 Å². The Morgan fingerprint density at radius 2 is 1.23 bits per heavy atom. The van der Waals surface area contributed by atoms with Crippen LogP contribution in [0.1, 0.15) is 16.7 Å². The van der Waals surface area contributed by atoms with Crippen molar-refractivity contribution < 1.29 is 14.2 Å². The molecule has 2 atom stereocenters. The Kier molecular flexibility index (Phi) is 7.74. The van der Waals surface area contributed by atoms with Gasteiger partial charge < -0.3 is 0 Å². The first-order valence-corrected chi connectivity index (χ1v) is 12.8. The van der Waals surface area contributed by atoms with Crippen molar-refractivity contribution >= 4 is 15.0 Å². The van der Waals surface area contributed by atoms with Gasteiger partial charge in [0.15, 0.2) is 0 Å². The summed E-state index contributed by atoms with van der Waals surface area (Å²) in [6, 6.07) is 31.0. The molecule has 0 spiro atoms. The molecule has 4 rings (SSSR count). The first-order valence-electron chi connectivity index (χ1n) is 10.4. The van der Waals surface area contributed by atoms with E-state index >= 15 is 0 Å². The summed E-state index contributed by atoms with van der Waals surface area (Å²) in [5, 5.41) is 2.07. The molecule has 0 bridgehead atoms. The minimum absolute atomic E-state index is 0.0530. The molecule has 1 aliphatic rings. The average molecular weight is 467 g/mol. The molecule has 3 aromatic carbocycles. The van der Waals surface area contributed by atoms with Crippen molar-refractivity contribution in [3.63, 3.8) is 0 Å². The van der Waals surface area contributed by atoms with Crippen molar-refractivity contribution in [1.82, 2.24) is 0 Å². The van der Waals surface area contributed by atoms with Crippen LogP contribution >= 0.6 is 0 Å². The molecule has 3 aromatic rings. The summed E-state index contributed by atoms with van der Waals surface area (Å²) in [5.41, 5.74) is 3.17. The van der Waals surface area contributed by atoms with E-state index in [1.54, 1.807) is 0 Å². The number of benzene rings is 3. The third kappa shape index (κ3) is 5.81. The second-order valence-electron chi connectivity index (χ2n) is 7.62. The summed E-state index contributed by atoms with van der Waals surface area (Å²) in [7, 11) is 0. The van der Waals surface area contributed by atoms with Gasteiger partial charge in [0.25, 0.3) is 0 Å². The van der Waals surface area contributed by atoms with Crippen molar-refractivity contribution in [3.05, 3.63) is 108 Å². The molecule has 0 amide bonds. The Bertz CT molecular complexity index is 873. The second-order valence-corrected chi connectivity index (χ2v) is 9.78. The Morgan fingerprint density at radius 3 is 1.83 bits per heavy atom. The van der Waals surface area contributed by atoms with Gasteiger partial charge in [-0.15, -0.1) is 0 Å². The van der Waals surface area contributed by atoms with Crippen LogP contribution < -0.4 is 0 Å². The fourth-order valence-corrected chi connectivity index (χ4v) is 6.58. The first kappa shape index (κ1) is 21.3. The zero-order chi connectivity index (χ0) is 20.5. The summed E-state index contributed by atoms with van der Waals surface area (Å²) >= 11 is 0.494. The van der Waals surface area contributed by atoms with Crippen LogP contribution in [0.3, 0.4) is 0 Å². The van der Waals surface area contributed by atoms with E-state index in [0.29, 0.717) is 41.4 Å². The zero-order valence-corrected chi connectivity index (χ0v) is 18.8. The summed E-state index contributed by atoms with van der Waals surface area (Å²) in [6.07, 6.45) is 0.0530. The van der Waals surface area contributed by atoms with Gasteiger partial charge in [0.05, 0.1) is 0 Å². The van der Waals surface area contributed by atoms with Crippen LogP contribution in [0.25, 0.3) is 0 Å². The van der Waals surface area contributed by atoms with Crippen LogP contribution in [-0.2, 0) is 34.0 Å². The Hall–Kier alpha value is -1.94. The standard InChI is InChI=1S/C26H28O3Se/c1-4-10-22(11-5-1)16-27-20-26(29-18-24-14-8-3-9-15-24)21-30-19-25(26)28-17-23-12-6-2-7-13-23/h1-15,25H,16-21H2/t25?,26-/m1/s1. The Balaban J connectivity index is 1.43. The maximum atomic E-state index is 6.58. The van der Waals surface area contributed by atoms with E-state index in [-0.39, 0.29) is 11.7 Å². The summed E-state index contributed by atoms with van der Waals surface area (Å²) in [4.78, 5) is 0. The fraction of sp³-hybridized carbons (Fsp3) is 0.308. The van der Waals surface area contributed by atoms with Crippen molar-refractivity contribution in [2.75, 3.05) is 6.61 Å². The van der Waals surface area contributed by atoms with E-state index in [2.05, 4.69) is 60.7 Å². The van der Waals surface area contributed by atoms with E-state index in [4.69, 9.17) is 14.2 Å². The van der Waals surface area contributed by atoms with Crippen molar-refractivity contribution in [2.45, 2.75) is 42.2 Å². The SMILES string of the molecule is c1ccc(COC[C@@]2(OCc3ccccc3)C[Se]CC2OCc2ccccc2)cc1. The first-order chi connectivity index (χ1) is 14.8. The quantitative estimate of drug-likeness (QED) is 0.379. The van der Waals surface area contributed by atoms with Gasteiger partial charge in [-0.2, -0.15) is 0 Å². The molecule has 156 valence electrons. The molecule has 4 heteroatoms. The van der Waals surface area contributed by atoms with E-state index in [1.165, 1.54) is 16.7 Å². The van der Waals surface area contributed by atoms with Gasteiger partial charge in [-0.05, 0) is 0 Å². The predicted octanol–water partition coefficient (Wildman–Crippen LogP) is 5.30. The molecule has 0 radical (unpaired) electrons.